The molecule has 0 aromatic carbocycles. The van der Waals surface area contributed by atoms with Gasteiger partial charge in [0.15, 0.2) is 12.6 Å². The van der Waals surface area contributed by atoms with Gasteiger partial charge in [-0.25, -0.2) is 0 Å². The van der Waals surface area contributed by atoms with E-state index in [9.17, 15) is 9.59 Å². The van der Waals surface area contributed by atoms with Gasteiger partial charge in [0.2, 0.25) is 0 Å². The first-order chi connectivity index (χ1) is 5.20. The van der Waals surface area contributed by atoms with Gasteiger partial charge in [-0.1, -0.05) is 23.2 Å². The van der Waals surface area contributed by atoms with Crippen LogP contribution in [0, 0.1) is 0 Å². The molecule has 1 aromatic rings. The van der Waals surface area contributed by atoms with Crippen LogP contribution in [0.5, 0.6) is 0 Å². The molecule has 1 heterocycles. The third-order valence-electron chi connectivity index (χ3n) is 1.09. The summed E-state index contributed by atoms with van der Waals surface area (Å²) in [6.07, 6.45) is 1.11. The zero-order chi connectivity index (χ0) is 8.43. The maximum Gasteiger partial charge on any atom is 0.161 e. The summed E-state index contributed by atoms with van der Waals surface area (Å²) < 4.78 is 0.257. The number of carbonyl (C=O) groups excluding carboxylic acids is 2. The molecule has 0 spiro atoms. The van der Waals surface area contributed by atoms with E-state index in [1.165, 1.54) is 0 Å². The molecule has 0 fully saturated rings. The predicted octanol–water partition coefficient (Wildman–Crippen LogP) is 2.68. The average Bonchev–Trinajstić information content (AvgIpc) is 2.26. The Balaban J connectivity index is 3.35. The van der Waals surface area contributed by atoms with Gasteiger partial charge >= 0.3 is 0 Å². The van der Waals surface area contributed by atoms with Crippen LogP contribution >= 0.6 is 34.5 Å². The molecule has 0 saturated carbocycles. The summed E-state index contributed by atoms with van der Waals surface area (Å²) in [6.45, 7) is 0. The molecule has 2 nitrogen and oxygen atoms in total. The van der Waals surface area contributed by atoms with Crippen LogP contribution in [0.25, 0.3) is 0 Å². The van der Waals surface area contributed by atoms with Gasteiger partial charge in [0.1, 0.15) is 4.34 Å². The van der Waals surface area contributed by atoms with Gasteiger partial charge in [0.25, 0.3) is 0 Å². The van der Waals surface area contributed by atoms with Gasteiger partial charge in [0, 0.05) is 0 Å². The summed E-state index contributed by atoms with van der Waals surface area (Å²) in [7, 11) is 0. The Morgan fingerprint density at radius 2 is 1.82 bits per heavy atom. The van der Waals surface area contributed by atoms with Crippen molar-refractivity contribution in [2.75, 3.05) is 0 Å². The molecule has 0 bridgehead atoms. The summed E-state index contributed by atoms with van der Waals surface area (Å²) in [5, 5.41) is 0.144. The van der Waals surface area contributed by atoms with Gasteiger partial charge in [-0.05, 0) is 0 Å². The monoisotopic (exact) mass is 208 g/mol. The minimum absolute atomic E-state index is 0.144. The fourth-order valence-electron chi connectivity index (χ4n) is 0.589. The van der Waals surface area contributed by atoms with Crippen LogP contribution in [0.1, 0.15) is 20.0 Å². The van der Waals surface area contributed by atoms with Gasteiger partial charge in [0.05, 0.1) is 15.5 Å². The van der Waals surface area contributed by atoms with Crippen molar-refractivity contribution in [3.05, 3.63) is 19.8 Å². The second-order valence-electron chi connectivity index (χ2n) is 1.70. The van der Waals surface area contributed by atoms with Crippen LogP contribution in [0.15, 0.2) is 0 Å². The Kier molecular flexibility index (Phi) is 2.65. The first-order valence-corrected chi connectivity index (χ1v) is 4.16. The average molecular weight is 209 g/mol. The van der Waals surface area contributed by atoms with E-state index in [-0.39, 0.29) is 14.9 Å². The number of carbonyl (C=O) groups is 2. The summed E-state index contributed by atoms with van der Waals surface area (Å²) in [6, 6.07) is 0. The molecule has 5 heteroatoms. The number of hydrogen-bond donors (Lipinski definition) is 0. The smallest absolute Gasteiger partial charge is 0.161 e. The molecular weight excluding hydrogens is 207 g/mol. The lowest BCUT2D eigenvalue weighted by molar-refractivity contribution is 0.112. The summed E-state index contributed by atoms with van der Waals surface area (Å²) in [5.74, 6) is 0. The molecule has 0 unspecified atom stereocenters. The molecule has 0 radical (unpaired) electrons. The molecule has 1 aromatic heterocycles. The Hall–Kier alpha value is -0.380. The van der Waals surface area contributed by atoms with Crippen molar-refractivity contribution >= 4 is 47.1 Å². The summed E-state index contributed by atoms with van der Waals surface area (Å²) >= 11 is 12.2. The van der Waals surface area contributed by atoms with Crippen molar-refractivity contribution in [2.45, 2.75) is 0 Å². The standard InChI is InChI=1S/C6H2Cl2O2S/c7-5-3(1-9)6(8)11-4(5)2-10/h1-2H. The van der Waals surface area contributed by atoms with Crippen molar-refractivity contribution in [1.82, 2.24) is 0 Å². The molecule has 1 rings (SSSR count). The van der Waals surface area contributed by atoms with Crippen LogP contribution in [-0.2, 0) is 0 Å². The SMILES string of the molecule is O=Cc1sc(Cl)c(C=O)c1Cl. The Morgan fingerprint density at radius 1 is 1.18 bits per heavy atom. The molecule has 0 saturated heterocycles. The van der Waals surface area contributed by atoms with Crippen molar-refractivity contribution in [1.29, 1.82) is 0 Å². The topological polar surface area (TPSA) is 34.1 Å². The molecule has 0 atom stereocenters. The largest absolute Gasteiger partial charge is 0.298 e. The third-order valence-corrected chi connectivity index (χ3v) is 2.96. The highest BCUT2D eigenvalue weighted by molar-refractivity contribution is 7.18. The lowest BCUT2D eigenvalue weighted by Gasteiger charge is -1.83. The second kappa shape index (κ2) is 3.34. The Labute approximate surface area is 76.7 Å². The first kappa shape index (κ1) is 8.71. The van der Waals surface area contributed by atoms with E-state index in [1.54, 1.807) is 0 Å². The highest BCUT2D eigenvalue weighted by Crippen LogP contribution is 2.33. The Bertz CT molecular complexity index is 306. The van der Waals surface area contributed by atoms with E-state index in [1.807, 2.05) is 0 Å². The van der Waals surface area contributed by atoms with Gasteiger partial charge in [-0.3, -0.25) is 9.59 Å². The molecule has 0 aliphatic heterocycles. The summed E-state index contributed by atoms with van der Waals surface area (Å²) in [5.41, 5.74) is 0.195. The number of aldehydes is 2. The number of hydrogen-bond acceptors (Lipinski definition) is 3. The zero-order valence-electron chi connectivity index (χ0n) is 5.14. The van der Waals surface area contributed by atoms with Crippen molar-refractivity contribution in [3.63, 3.8) is 0 Å². The molecule has 0 amide bonds. The highest BCUT2D eigenvalue weighted by atomic mass is 35.5. The third kappa shape index (κ3) is 1.45. The van der Waals surface area contributed by atoms with E-state index in [0.717, 1.165) is 11.3 Å². The quantitative estimate of drug-likeness (QED) is 0.701. The second-order valence-corrected chi connectivity index (χ2v) is 3.74. The minimum atomic E-state index is 0.144. The predicted molar refractivity (Wildman–Crippen MR) is 45.1 cm³/mol. The first-order valence-electron chi connectivity index (χ1n) is 2.58. The Morgan fingerprint density at radius 3 is 2.09 bits per heavy atom. The fourth-order valence-corrected chi connectivity index (χ4v) is 2.08. The van der Waals surface area contributed by atoms with Crippen LogP contribution in [-0.4, -0.2) is 12.6 Å². The normalized spacial score (nSPS) is 9.64. The maximum absolute atomic E-state index is 10.3. The van der Waals surface area contributed by atoms with Crippen molar-refractivity contribution in [3.8, 4) is 0 Å². The molecule has 0 aliphatic rings. The van der Waals surface area contributed by atoms with E-state index >= 15 is 0 Å². The molecular formula is C6H2Cl2O2S. The van der Waals surface area contributed by atoms with Gasteiger partial charge in [-0.2, -0.15) is 0 Å². The molecule has 11 heavy (non-hydrogen) atoms. The van der Waals surface area contributed by atoms with E-state index in [4.69, 9.17) is 23.2 Å². The molecule has 0 N–H and O–H groups in total. The van der Waals surface area contributed by atoms with Crippen LogP contribution < -0.4 is 0 Å². The van der Waals surface area contributed by atoms with Crippen molar-refractivity contribution < 1.29 is 9.59 Å². The number of thiophene rings is 1. The van der Waals surface area contributed by atoms with E-state index in [2.05, 4.69) is 0 Å². The fraction of sp³-hybridized carbons (Fsp3) is 0. The van der Waals surface area contributed by atoms with Crippen LogP contribution in [0.3, 0.4) is 0 Å². The zero-order valence-corrected chi connectivity index (χ0v) is 7.46. The lowest BCUT2D eigenvalue weighted by Crippen LogP contribution is -1.77. The molecule has 0 aliphatic carbocycles. The number of halogens is 2. The van der Waals surface area contributed by atoms with Crippen molar-refractivity contribution in [2.24, 2.45) is 0 Å². The highest BCUT2D eigenvalue weighted by Gasteiger charge is 2.13. The lowest BCUT2D eigenvalue weighted by atomic mass is 10.3. The molecule has 58 valence electrons. The maximum atomic E-state index is 10.3. The van der Waals surface area contributed by atoms with Gasteiger partial charge < -0.3 is 0 Å². The van der Waals surface area contributed by atoms with E-state index < -0.39 is 0 Å². The van der Waals surface area contributed by atoms with Gasteiger partial charge in [-0.15, -0.1) is 11.3 Å². The van der Waals surface area contributed by atoms with E-state index in [0.29, 0.717) is 17.4 Å². The van der Waals surface area contributed by atoms with Crippen LogP contribution in [0.4, 0.5) is 0 Å². The summed E-state index contributed by atoms with van der Waals surface area (Å²) in [4.78, 5) is 20.8. The van der Waals surface area contributed by atoms with Crippen LogP contribution in [0.2, 0.25) is 9.36 Å². The number of rotatable bonds is 2. The minimum Gasteiger partial charge on any atom is -0.298 e.